The monoisotopic (exact) mass is 305 g/mol. The number of rotatable bonds is 4. The molecule has 0 aliphatic rings. The Balaban J connectivity index is 2.95. The number of nitrogens with two attached hydrogens (primary N) is 1. The Labute approximate surface area is 110 Å². The molecule has 0 spiro atoms. The van der Waals surface area contributed by atoms with E-state index >= 15 is 0 Å². The summed E-state index contributed by atoms with van der Waals surface area (Å²) in [6.07, 6.45) is 1.71. The smallest absolute Gasteiger partial charge is 0.145 e. The predicted octanol–water partition coefficient (Wildman–Crippen LogP) is 3.28. The van der Waals surface area contributed by atoms with Crippen molar-refractivity contribution in [2.75, 3.05) is 11.9 Å². The van der Waals surface area contributed by atoms with Crippen LogP contribution in [0.2, 0.25) is 5.02 Å². The lowest BCUT2D eigenvalue weighted by Gasteiger charge is -2.34. The van der Waals surface area contributed by atoms with Gasteiger partial charge in [0, 0.05) is 17.2 Å². The minimum absolute atomic E-state index is 0.204. The van der Waals surface area contributed by atoms with Gasteiger partial charge in [0.2, 0.25) is 0 Å². The molecule has 0 amide bonds. The maximum absolute atomic E-state index is 6.10. The molecule has 1 aromatic heterocycles. The van der Waals surface area contributed by atoms with Gasteiger partial charge in [-0.25, -0.2) is 4.98 Å². The van der Waals surface area contributed by atoms with Crippen molar-refractivity contribution in [3.8, 4) is 0 Å². The Kier molecular flexibility index (Phi) is 4.59. The molecular weight excluding hydrogens is 289 g/mol. The second kappa shape index (κ2) is 5.34. The number of hydrogen-bond acceptors (Lipinski definition) is 3. The summed E-state index contributed by atoms with van der Waals surface area (Å²) >= 11 is 9.42. The molecule has 0 saturated carbocycles. The summed E-state index contributed by atoms with van der Waals surface area (Å²) in [7, 11) is 0. The number of nitrogens with zero attached hydrogens (tertiary/aromatic N) is 1. The summed E-state index contributed by atoms with van der Waals surface area (Å²) in [6.45, 7) is 6.83. The molecule has 0 aromatic carbocycles. The van der Waals surface area contributed by atoms with Gasteiger partial charge in [-0.3, -0.25) is 0 Å². The lowest BCUT2D eigenvalue weighted by molar-refractivity contribution is 0.381. The van der Waals surface area contributed by atoms with Crippen LogP contribution in [0.3, 0.4) is 0 Å². The van der Waals surface area contributed by atoms with Crippen LogP contribution in [0.25, 0.3) is 0 Å². The molecule has 90 valence electrons. The van der Waals surface area contributed by atoms with Crippen LogP contribution in [-0.2, 0) is 0 Å². The maximum Gasteiger partial charge on any atom is 0.145 e. The van der Waals surface area contributed by atoms with Gasteiger partial charge in [-0.1, -0.05) is 25.4 Å². The van der Waals surface area contributed by atoms with E-state index in [4.69, 9.17) is 17.3 Å². The molecule has 1 aromatic rings. The number of anilines is 1. The van der Waals surface area contributed by atoms with Gasteiger partial charge in [-0.05, 0) is 34.8 Å². The number of hydrogen-bond donors (Lipinski definition) is 2. The average Bonchev–Trinajstić information content (AvgIpc) is 2.22. The summed E-state index contributed by atoms with van der Waals surface area (Å²) in [5.74, 6) is 1.06. The lowest BCUT2D eigenvalue weighted by Crippen LogP contribution is -2.47. The third-order valence-corrected chi connectivity index (χ3v) is 3.63. The molecule has 16 heavy (non-hydrogen) atoms. The predicted molar refractivity (Wildman–Crippen MR) is 72.9 cm³/mol. The number of halogens is 2. The van der Waals surface area contributed by atoms with Crippen LogP contribution in [0.1, 0.15) is 20.8 Å². The Morgan fingerprint density at radius 2 is 2.25 bits per heavy atom. The molecule has 1 atom stereocenters. The molecule has 1 unspecified atom stereocenters. The zero-order valence-electron chi connectivity index (χ0n) is 9.72. The van der Waals surface area contributed by atoms with Crippen LogP contribution in [0.15, 0.2) is 16.7 Å². The first-order chi connectivity index (χ1) is 7.39. The van der Waals surface area contributed by atoms with E-state index in [1.807, 2.05) is 6.07 Å². The molecule has 1 heterocycles. The van der Waals surface area contributed by atoms with Crippen molar-refractivity contribution in [3.05, 3.63) is 21.8 Å². The quantitative estimate of drug-likeness (QED) is 0.897. The number of aromatic nitrogens is 1. The molecule has 0 saturated heterocycles. The summed E-state index contributed by atoms with van der Waals surface area (Å²) in [4.78, 5) is 4.25. The molecular formula is C11H17BrClN3. The summed E-state index contributed by atoms with van der Waals surface area (Å²) in [5, 5.41) is 3.90. The molecule has 0 radical (unpaired) electrons. The Hall–Kier alpha value is -0.320. The Bertz CT molecular complexity index is 370. The van der Waals surface area contributed by atoms with E-state index in [-0.39, 0.29) is 5.54 Å². The van der Waals surface area contributed by atoms with E-state index in [0.29, 0.717) is 23.3 Å². The molecule has 0 aliphatic heterocycles. The van der Waals surface area contributed by atoms with Crippen molar-refractivity contribution < 1.29 is 0 Å². The van der Waals surface area contributed by atoms with Crippen LogP contribution in [0, 0.1) is 5.92 Å². The third-order valence-electron chi connectivity index (χ3n) is 2.91. The first-order valence-electron chi connectivity index (χ1n) is 5.18. The molecule has 0 bridgehead atoms. The summed E-state index contributed by atoms with van der Waals surface area (Å²) in [5.41, 5.74) is 5.59. The van der Waals surface area contributed by atoms with Crippen LogP contribution in [-0.4, -0.2) is 17.1 Å². The molecule has 0 aliphatic carbocycles. The zero-order chi connectivity index (χ0) is 12.3. The summed E-state index contributed by atoms with van der Waals surface area (Å²) < 4.78 is 0.863. The van der Waals surface area contributed by atoms with Crippen molar-refractivity contribution >= 4 is 33.3 Å². The first-order valence-corrected chi connectivity index (χ1v) is 6.35. The Morgan fingerprint density at radius 1 is 1.62 bits per heavy atom. The summed E-state index contributed by atoms with van der Waals surface area (Å²) in [6, 6.07) is 1.81. The highest BCUT2D eigenvalue weighted by atomic mass is 79.9. The highest BCUT2D eigenvalue weighted by Gasteiger charge is 2.27. The standard InChI is InChI=1S/C11H17BrClN3/c1-7(2)11(3,6-14)16-10-9(13)4-8(12)5-15-10/h4-5,7H,6,14H2,1-3H3,(H,15,16). The van der Waals surface area contributed by atoms with E-state index in [9.17, 15) is 0 Å². The van der Waals surface area contributed by atoms with E-state index in [1.54, 1.807) is 6.20 Å². The molecule has 3 nitrogen and oxygen atoms in total. The van der Waals surface area contributed by atoms with Crippen molar-refractivity contribution in [2.24, 2.45) is 11.7 Å². The van der Waals surface area contributed by atoms with Crippen LogP contribution < -0.4 is 11.1 Å². The first kappa shape index (κ1) is 13.7. The zero-order valence-corrected chi connectivity index (χ0v) is 12.1. The SMILES string of the molecule is CC(C)C(C)(CN)Nc1ncc(Br)cc1Cl. The molecule has 3 N–H and O–H groups in total. The van der Waals surface area contributed by atoms with Crippen molar-refractivity contribution in [1.82, 2.24) is 4.98 Å². The minimum Gasteiger partial charge on any atom is -0.362 e. The topological polar surface area (TPSA) is 50.9 Å². The van der Waals surface area contributed by atoms with Gasteiger partial charge < -0.3 is 11.1 Å². The van der Waals surface area contributed by atoms with E-state index < -0.39 is 0 Å². The highest BCUT2D eigenvalue weighted by Crippen LogP contribution is 2.27. The van der Waals surface area contributed by atoms with Gasteiger partial charge in [-0.15, -0.1) is 0 Å². The maximum atomic E-state index is 6.10. The van der Waals surface area contributed by atoms with Crippen LogP contribution in [0.5, 0.6) is 0 Å². The van der Waals surface area contributed by atoms with Gasteiger partial charge in [0.15, 0.2) is 0 Å². The normalized spacial score (nSPS) is 14.9. The third kappa shape index (κ3) is 3.09. The molecule has 1 rings (SSSR count). The van der Waals surface area contributed by atoms with Gasteiger partial charge >= 0.3 is 0 Å². The van der Waals surface area contributed by atoms with Crippen molar-refractivity contribution in [2.45, 2.75) is 26.3 Å². The largest absolute Gasteiger partial charge is 0.362 e. The number of nitrogens with one attached hydrogen (secondary N) is 1. The highest BCUT2D eigenvalue weighted by molar-refractivity contribution is 9.10. The Morgan fingerprint density at radius 3 is 2.69 bits per heavy atom. The second-order valence-electron chi connectivity index (χ2n) is 4.39. The number of pyridine rings is 1. The average molecular weight is 307 g/mol. The van der Waals surface area contributed by atoms with Crippen LogP contribution in [0.4, 0.5) is 5.82 Å². The van der Waals surface area contributed by atoms with Gasteiger partial charge in [0.05, 0.1) is 10.6 Å². The van der Waals surface area contributed by atoms with Gasteiger partial charge in [0.1, 0.15) is 5.82 Å². The fraction of sp³-hybridized carbons (Fsp3) is 0.545. The van der Waals surface area contributed by atoms with E-state index in [1.165, 1.54) is 0 Å². The van der Waals surface area contributed by atoms with Crippen molar-refractivity contribution in [3.63, 3.8) is 0 Å². The van der Waals surface area contributed by atoms with Gasteiger partial charge in [0.25, 0.3) is 0 Å². The molecule has 5 heteroatoms. The molecule has 0 fully saturated rings. The van der Waals surface area contributed by atoms with Crippen molar-refractivity contribution in [1.29, 1.82) is 0 Å². The second-order valence-corrected chi connectivity index (χ2v) is 5.71. The fourth-order valence-electron chi connectivity index (χ4n) is 1.21. The van der Waals surface area contributed by atoms with E-state index in [0.717, 1.165) is 4.47 Å². The van der Waals surface area contributed by atoms with E-state index in [2.05, 4.69) is 47.0 Å². The van der Waals surface area contributed by atoms with Crippen LogP contribution >= 0.6 is 27.5 Å². The lowest BCUT2D eigenvalue weighted by atomic mass is 9.88. The fourth-order valence-corrected chi connectivity index (χ4v) is 1.88. The minimum atomic E-state index is -0.204. The van der Waals surface area contributed by atoms with Gasteiger partial charge in [-0.2, -0.15) is 0 Å².